The molecule has 21 heavy (non-hydrogen) atoms. The summed E-state index contributed by atoms with van der Waals surface area (Å²) in [6.45, 7) is 0. The minimum atomic E-state index is 1.07. The molecule has 1 nitrogen and oxygen atoms in total. The summed E-state index contributed by atoms with van der Waals surface area (Å²) in [7, 11) is 0. The lowest BCUT2D eigenvalue weighted by Crippen LogP contribution is -1.96. The van der Waals surface area contributed by atoms with Gasteiger partial charge in [0.05, 0.1) is 16.9 Å². The van der Waals surface area contributed by atoms with Gasteiger partial charge in [0.15, 0.2) is 0 Å². The molecular formula is C20H14N. The first-order valence-electron chi connectivity index (χ1n) is 7.06. The minimum absolute atomic E-state index is 1.07. The summed E-state index contributed by atoms with van der Waals surface area (Å²) in [5, 5.41) is 1.24. The quantitative estimate of drug-likeness (QED) is 0.477. The lowest BCUT2D eigenvalue weighted by atomic mass is 10.1. The second-order valence-corrected chi connectivity index (χ2v) is 5.04. The molecule has 0 aliphatic rings. The van der Waals surface area contributed by atoms with E-state index in [1.165, 1.54) is 22.2 Å². The average molecular weight is 268 g/mol. The van der Waals surface area contributed by atoms with Crippen molar-refractivity contribution < 1.29 is 0 Å². The normalized spacial score (nSPS) is 10.9. The summed E-state index contributed by atoms with van der Waals surface area (Å²) in [5.74, 6) is 0. The zero-order chi connectivity index (χ0) is 14.1. The zero-order valence-corrected chi connectivity index (χ0v) is 11.5. The molecule has 0 N–H and O–H groups in total. The van der Waals surface area contributed by atoms with Crippen LogP contribution in [-0.4, -0.2) is 4.57 Å². The van der Waals surface area contributed by atoms with Gasteiger partial charge in [-0.05, 0) is 23.8 Å². The summed E-state index contributed by atoms with van der Waals surface area (Å²) < 4.78 is 2.27. The third kappa shape index (κ3) is 2.03. The van der Waals surface area contributed by atoms with Gasteiger partial charge in [-0.2, -0.15) is 0 Å². The van der Waals surface area contributed by atoms with E-state index in [0.717, 1.165) is 5.69 Å². The van der Waals surface area contributed by atoms with E-state index in [1.807, 2.05) is 18.2 Å². The lowest BCUT2D eigenvalue weighted by Gasteiger charge is -2.10. The van der Waals surface area contributed by atoms with Crippen molar-refractivity contribution in [1.82, 2.24) is 4.57 Å². The minimum Gasteiger partial charge on any atom is -0.309 e. The molecule has 0 bridgehead atoms. The van der Waals surface area contributed by atoms with Crippen LogP contribution in [0.4, 0.5) is 0 Å². The molecule has 0 aliphatic carbocycles. The van der Waals surface area contributed by atoms with Crippen LogP contribution < -0.4 is 0 Å². The standard InChI is InChI=1S/C20H14N/c1-3-9-16(10-4-1)20-15-17-11-7-8-14-19(17)21(20)18-12-5-2-6-13-18/h1-12,14-15H. The van der Waals surface area contributed by atoms with Gasteiger partial charge in [0.1, 0.15) is 0 Å². The van der Waals surface area contributed by atoms with Crippen molar-refractivity contribution in [2.45, 2.75) is 0 Å². The molecule has 0 saturated heterocycles. The van der Waals surface area contributed by atoms with Crippen LogP contribution in [0.1, 0.15) is 0 Å². The van der Waals surface area contributed by atoms with Gasteiger partial charge in [0, 0.05) is 11.5 Å². The van der Waals surface area contributed by atoms with E-state index in [4.69, 9.17) is 0 Å². The topological polar surface area (TPSA) is 4.93 Å². The van der Waals surface area contributed by atoms with Crippen molar-refractivity contribution in [3.8, 4) is 16.9 Å². The molecule has 1 heterocycles. The molecule has 4 rings (SSSR count). The fraction of sp³-hybridized carbons (Fsp3) is 0. The SMILES string of the molecule is [c]1ccccc1-n1c(-c2ccccc2)cc2ccccc21. The molecule has 1 heteroatoms. The lowest BCUT2D eigenvalue weighted by molar-refractivity contribution is 1.13. The summed E-state index contributed by atoms with van der Waals surface area (Å²) in [4.78, 5) is 0. The van der Waals surface area contributed by atoms with Crippen molar-refractivity contribution in [3.63, 3.8) is 0 Å². The third-order valence-corrected chi connectivity index (χ3v) is 3.71. The molecule has 1 radical (unpaired) electrons. The van der Waals surface area contributed by atoms with Gasteiger partial charge in [-0.3, -0.25) is 0 Å². The Balaban J connectivity index is 2.07. The number of aromatic nitrogens is 1. The Morgan fingerprint density at radius 3 is 2.29 bits per heavy atom. The maximum absolute atomic E-state index is 3.34. The van der Waals surface area contributed by atoms with Crippen LogP contribution >= 0.6 is 0 Å². The van der Waals surface area contributed by atoms with Gasteiger partial charge in [-0.15, -0.1) is 0 Å². The van der Waals surface area contributed by atoms with E-state index in [2.05, 4.69) is 77.4 Å². The van der Waals surface area contributed by atoms with Gasteiger partial charge in [-0.25, -0.2) is 0 Å². The first-order valence-corrected chi connectivity index (χ1v) is 7.06. The van der Waals surface area contributed by atoms with Crippen molar-refractivity contribution in [1.29, 1.82) is 0 Å². The molecule has 1 aromatic heterocycles. The van der Waals surface area contributed by atoms with Crippen LogP contribution in [0.2, 0.25) is 0 Å². The van der Waals surface area contributed by atoms with Gasteiger partial charge in [-0.1, -0.05) is 66.7 Å². The molecule has 0 aliphatic heterocycles. The Hall–Kier alpha value is -2.80. The maximum atomic E-state index is 3.34. The molecule has 0 amide bonds. The first kappa shape index (κ1) is 12.0. The molecule has 0 spiro atoms. The highest BCUT2D eigenvalue weighted by atomic mass is 15.0. The number of hydrogen-bond donors (Lipinski definition) is 0. The van der Waals surface area contributed by atoms with Crippen LogP contribution in [0.25, 0.3) is 27.8 Å². The fourth-order valence-corrected chi connectivity index (χ4v) is 2.76. The van der Waals surface area contributed by atoms with E-state index in [-0.39, 0.29) is 0 Å². The Bertz CT molecular complexity index is 874. The summed E-state index contributed by atoms with van der Waals surface area (Å²) in [5.41, 5.74) is 4.68. The van der Waals surface area contributed by atoms with Gasteiger partial charge < -0.3 is 4.57 Å². The number of nitrogens with zero attached hydrogens (tertiary/aromatic N) is 1. The smallest absolute Gasteiger partial charge is 0.0541 e. The van der Waals surface area contributed by atoms with Crippen LogP contribution in [0.5, 0.6) is 0 Å². The highest BCUT2D eigenvalue weighted by molar-refractivity contribution is 5.89. The summed E-state index contributed by atoms with van der Waals surface area (Å²) in [6.07, 6.45) is 0. The van der Waals surface area contributed by atoms with Gasteiger partial charge in [0.2, 0.25) is 0 Å². The molecule has 0 saturated carbocycles. The van der Waals surface area contributed by atoms with E-state index in [1.54, 1.807) is 0 Å². The summed E-state index contributed by atoms with van der Waals surface area (Å²) in [6, 6.07) is 32.6. The molecule has 3 aromatic carbocycles. The molecular weight excluding hydrogens is 254 g/mol. The summed E-state index contributed by atoms with van der Waals surface area (Å²) >= 11 is 0. The molecule has 0 unspecified atom stereocenters. The van der Waals surface area contributed by atoms with E-state index in [0.29, 0.717) is 0 Å². The predicted octanol–water partition coefficient (Wildman–Crippen LogP) is 5.10. The van der Waals surface area contributed by atoms with Crippen molar-refractivity contribution >= 4 is 10.9 Å². The van der Waals surface area contributed by atoms with E-state index >= 15 is 0 Å². The highest BCUT2D eigenvalue weighted by Gasteiger charge is 2.11. The van der Waals surface area contributed by atoms with Crippen LogP contribution in [0, 0.1) is 6.07 Å². The maximum Gasteiger partial charge on any atom is 0.0541 e. The van der Waals surface area contributed by atoms with E-state index in [9.17, 15) is 0 Å². The van der Waals surface area contributed by atoms with E-state index < -0.39 is 0 Å². The van der Waals surface area contributed by atoms with Gasteiger partial charge >= 0.3 is 0 Å². The number of fused-ring (bicyclic) bond motifs is 1. The second-order valence-electron chi connectivity index (χ2n) is 5.04. The Kier molecular flexibility index (Phi) is 2.82. The number of para-hydroxylation sites is 2. The highest BCUT2D eigenvalue weighted by Crippen LogP contribution is 2.31. The molecule has 4 aromatic rings. The van der Waals surface area contributed by atoms with Crippen LogP contribution in [-0.2, 0) is 0 Å². The Labute approximate surface area is 124 Å². The van der Waals surface area contributed by atoms with Crippen LogP contribution in [0.3, 0.4) is 0 Å². The third-order valence-electron chi connectivity index (χ3n) is 3.71. The molecule has 0 atom stereocenters. The van der Waals surface area contributed by atoms with Crippen molar-refractivity contribution in [2.75, 3.05) is 0 Å². The largest absolute Gasteiger partial charge is 0.309 e. The average Bonchev–Trinajstić information content (AvgIpc) is 2.96. The number of rotatable bonds is 2. The monoisotopic (exact) mass is 268 g/mol. The van der Waals surface area contributed by atoms with Crippen molar-refractivity contribution in [3.05, 3.63) is 91.0 Å². The first-order chi connectivity index (χ1) is 10.4. The molecule has 0 fully saturated rings. The van der Waals surface area contributed by atoms with Crippen LogP contribution in [0.15, 0.2) is 84.9 Å². The number of benzene rings is 3. The Morgan fingerprint density at radius 1 is 0.714 bits per heavy atom. The van der Waals surface area contributed by atoms with Gasteiger partial charge in [0.25, 0.3) is 0 Å². The van der Waals surface area contributed by atoms with Crippen molar-refractivity contribution in [2.24, 2.45) is 0 Å². The Morgan fingerprint density at radius 2 is 1.48 bits per heavy atom. The predicted molar refractivity (Wildman–Crippen MR) is 87.5 cm³/mol. The zero-order valence-electron chi connectivity index (χ0n) is 11.5. The fourth-order valence-electron chi connectivity index (χ4n) is 2.76. The second kappa shape index (κ2) is 4.95. The molecule has 99 valence electrons. The number of hydrogen-bond acceptors (Lipinski definition) is 0.